The van der Waals surface area contributed by atoms with Gasteiger partial charge in [0.1, 0.15) is 0 Å². The fraction of sp³-hybridized carbons (Fsp3) is 0.400. The Morgan fingerprint density at radius 2 is 2.08 bits per heavy atom. The summed E-state index contributed by atoms with van der Waals surface area (Å²) in [6.07, 6.45) is 0.483. The molecule has 0 aliphatic rings. The summed E-state index contributed by atoms with van der Waals surface area (Å²) in [6, 6.07) is 6.18. The van der Waals surface area contributed by atoms with Crippen LogP contribution in [0.25, 0.3) is 0 Å². The highest BCUT2D eigenvalue weighted by molar-refractivity contribution is 8.01. The zero-order valence-electron chi connectivity index (χ0n) is 13.9. The van der Waals surface area contributed by atoms with E-state index in [4.69, 9.17) is 4.74 Å². The molecule has 2 aromatic rings. The van der Waals surface area contributed by atoms with Gasteiger partial charge in [-0.05, 0) is 18.6 Å². The second kappa shape index (κ2) is 9.27. The molecule has 0 bridgehead atoms. The average molecular weight is 402 g/mol. The van der Waals surface area contributed by atoms with Crippen LogP contribution in [0, 0.1) is 0 Å². The lowest BCUT2D eigenvalue weighted by molar-refractivity contribution is 0.102. The number of benzene rings is 1. The molecule has 0 aliphatic carbocycles. The predicted molar refractivity (Wildman–Crippen MR) is 99.2 cm³/mol. The van der Waals surface area contributed by atoms with E-state index in [1.165, 1.54) is 35.2 Å². The number of thioether (sulfide) groups is 1. The normalized spacial score (nSPS) is 11.4. The van der Waals surface area contributed by atoms with Gasteiger partial charge in [0.15, 0.2) is 14.2 Å². The molecule has 25 heavy (non-hydrogen) atoms. The van der Waals surface area contributed by atoms with Gasteiger partial charge in [0.05, 0.1) is 22.8 Å². The Balaban J connectivity index is 2.14. The van der Waals surface area contributed by atoms with Crippen molar-refractivity contribution < 1.29 is 17.9 Å². The van der Waals surface area contributed by atoms with E-state index in [-0.39, 0.29) is 16.2 Å². The lowest BCUT2D eigenvalue weighted by Gasteiger charge is -2.09. The molecule has 1 aromatic carbocycles. The highest BCUT2D eigenvalue weighted by atomic mass is 32.2. The van der Waals surface area contributed by atoms with Gasteiger partial charge in [-0.2, -0.15) is 0 Å². The van der Waals surface area contributed by atoms with Gasteiger partial charge < -0.3 is 4.74 Å². The van der Waals surface area contributed by atoms with E-state index in [2.05, 4.69) is 15.5 Å². The highest BCUT2D eigenvalue weighted by Crippen LogP contribution is 2.26. The van der Waals surface area contributed by atoms with Crippen LogP contribution in [0.5, 0.6) is 0 Å². The summed E-state index contributed by atoms with van der Waals surface area (Å²) < 4.78 is 30.4. The minimum atomic E-state index is -3.50. The Bertz CT molecular complexity index is 821. The molecule has 0 spiro atoms. The number of ether oxygens (including phenoxy) is 1. The molecule has 1 N–H and O–H groups in total. The van der Waals surface area contributed by atoms with Gasteiger partial charge >= 0.3 is 0 Å². The SMILES string of the molecule is CCCS(=O)(=O)c1ccccc1C(=O)Nc1nnc(SCCOC)s1. The first kappa shape index (κ1) is 19.8. The van der Waals surface area contributed by atoms with Crippen LogP contribution in [-0.2, 0) is 14.6 Å². The maximum Gasteiger partial charge on any atom is 0.258 e. The number of anilines is 1. The number of carbonyl (C=O) groups is 1. The molecule has 7 nitrogen and oxygen atoms in total. The van der Waals surface area contributed by atoms with Crippen LogP contribution in [0.2, 0.25) is 0 Å². The van der Waals surface area contributed by atoms with Crippen molar-refractivity contribution in [3.05, 3.63) is 29.8 Å². The molecule has 0 saturated heterocycles. The lowest BCUT2D eigenvalue weighted by Crippen LogP contribution is -2.17. The van der Waals surface area contributed by atoms with Crippen LogP contribution in [0.3, 0.4) is 0 Å². The predicted octanol–water partition coefficient (Wildman–Crippen LogP) is 2.71. The standard InChI is InChI=1S/C15H19N3O4S3/c1-3-10-25(20,21)12-7-5-4-6-11(12)13(19)16-14-17-18-15(24-14)23-9-8-22-2/h4-7H,3,8-10H2,1-2H3,(H,16,17,19). The number of nitrogens with zero attached hydrogens (tertiary/aromatic N) is 2. The second-order valence-corrected chi connectivity index (χ2v) is 9.38. The Morgan fingerprint density at radius 1 is 1.32 bits per heavy atom. The molecule has 0 radical (unpaired) electrons. The number of hydrogen-bond donors (Lipinski definition) is 1. The summed E-state index contributed by atoms with van der Waals surface area (Å²) in [7, 11) is -1.88. The molecule has 0 aliphatic heterocycles. The molecule has 10 heteroatoms. The van der Waals surface area contributed by atoms with E-state index < -0.39 is 15.7 Å². The first-order valence-corrected chi connectivity index (χ1v) is 11.0. The quantitative estimate of drug-likeness (QED) is 0.392. The summed E-state index contributed by atoms with van der Waals surface area (Å²) in [6.45, 7) is 2.37. The number of carbonyl (C=O) groups excluding carboxylic acids is 1. The first-order chi connectivity index (χ1) is 12.0. The van der Waals surface area contributed by atoms with Crippen LogP contribution >= 0.6 is 23.1 Å². The van der Waals surface area contributed by atoms with E-state index in [0.717, 1.165) is 5.75 Å². The van der Waals surface area contributed by atoms with Crippen molar-refractivity contribution in [1.29, 1.82) is 0 Å². The van der Waals surface area contributed by atoms with Crippen molar-refractivity contribution in [3.8, 4) is 0 Å². The fourth-order valence-corrected chi connectivity index (χ4v) is 5.26. The number of methoxy groups -OCH3 is 1. The number of rotatable bonds is 9. The number of hydrogen-bond acceptors (Lipinski definition) is 8. The molecule has 0 fully saturated rings. The topological polar surface area (TPSA) is 98.2 Å². The zero-order chi connectivity index (χ0) is 18.3. The molecule has 1 heterocycles. The summed E-state index contributed by atoms with van der Waals surface area (Å²) in [5, 5.41) is 10.8. The monoisotopic (exact) mass is 401 g/mol. The van der Waals surface area contributed by atoms with Gasteiger partial charge in [0, 0.05) is 12.9 Å². The third-order valence-electron chi connectivity index (χ3n) is 3.08. The van der Waals surface area contributed by atoms with Gasteiger partial charge in [0.2, 0.25) is 5.13 Å². The van der Waals surface area contributed by atoms with Crippen LogP contribution in [0.4, 0.5) is 5.13 Å². The first-order valence-electron chi connectivity index (χ1n) is 7.56. The summed E-state index contributed by atoms with van der Waals surface area (Å²) in [5.74, 6) is 0.216. The maximum absolute atomic E-state index is 12.5. The third kappa shape index (κ3) is 5.50. The highest BCUT2D eigenvalue weighted by Gasteiger charge is 2.22. The van der Waals surface area contributed by atoms with Crippen LogP contribution in [0.1, 0.15) is 23.7 Å². The van der Waals surface area contributed by atoms with Crippen LogP contribution in [0.15, 0.2) is 33.5 Å². The van der Waals surface area contributed by atoms with E-state index in [1.807, 2.05) is 0 Å². The second-order valence-electron chi connectivity index (χ2n) is 4.98. The summed E-state index contributed by atoms with van der Waals surface area (Å²) >= 11 is 2.71. The van der Waals surface area contributed by atoms with Crippen molar-refractivity contribution in [2.24, 2.45) is 0 Å². The minimum absolute atomic E-state index is 0.00358. The molecule has 136 valence electrons. The smallest absolute Gasteiger partial charge is 0.258 e. The maximum atomic E-state index is 12.5. The minimum Gasteiger partial charge on any atom is -0.384 e. The Morgan fingerprint density at radius 3 is 2.80 bits per heavy atom. The van der Waals surface area contributed by atoms with E-state index in [1.54, 1.807) is 26.2 Å². The molecular formula is C15H19N3O4S3. The van der Waals surface area contributed by atoms with Crippen molar-refractivity contribution in [2.75, 3.05) is 30.5 Å². The number of amides is 1. The van der Waals surface area contributed by atoms with Gasteiger partial charge in [-0.25, -0.2) is 8.42 Å². The Kier molecular flexibility index (Phi) is 7.36. The zero-order valence-corrected chi connectivity index (χ0v) is 16.3. The molecule has 0 unspecified atom stereocenters. The summed E-state index contributed by atoms with van der Waals surface area (Å²) in [5.41, 5.74) is 0.111. The molecule has 0 saturated carbocycles. The summed E-state index contributed by atoms with van der Waals surface area (Å²) in [4.78, 5) is 12.5. The number of sulfone groups is 1. The van der Waals surface area contributed by atoms with Gasteiger partial charge in [-0.3, -0.25) is 10.1 Å². The molecule has 2 rings (SSSR count). The van der Waals surface area contributed by atoms with E-state index >= 15 is 0 Å². The molecule has 0 atom stereocenters. The van der Waals surface area contributed by atoms with Crippen molar-refractivity contribution in [2.45, 2.75) is 22.6 Å². The van der Waals surface area contributed by atoms with E-state index in [9.17, 15) is 13.2 Å². The molecule has 1 aromatic heterocycles. The van der Waals surface area contributed by atoms with Gasteiger partial charge in [-0.15, -0.1) is 10.2 Å². The molecular weight excluding hydrogens is 382 g/mol. The average Bonchev–Trinajstić information content (AvgIpc) is 3.02. The van der Waals surface area contributed by atoms with Crippen molar-refractivity contribution >= 4 is 44.0 Å². The Labute approximate surface area is 155 Å². The fourth-order valence-electron chi connectivity index (χ4n) is 2.00. The van der Waals surface area contributed by atoms with Crippen molar-refractivity contribution in [1.82, 2.24) is 10.2 Å². The van der Waals surface area contributed by atoms with E-state index in [0.29, 0.717) is 22.5 Å². The van der Waals surface area contributed by atoms with Gasteiger partial charge in [0.25, 0.3) is 5.91 Å². The number of aromatic nitrogens is 2. The number of nitrogens with one attached hydrogen (secondary N) is 1. The third-order valence-corrected chi connectivity index (χ3v) is 6.99. The largest absolute Gasteiger partial charge is 0.384 e. The van der Waals surface area contributed by atoms with Crippen LogP contribution < -0.4 is 5.32 Å². The Hall–Kier alpha value is -1.49. The van der Waals surface area contributed by atoms with Gasteiger partial charge in [-0.1, -0.05) is 42.2 Å². The van der Waals surface area contributed by atoms with Crippen LogP contribution in [-0.4, -0.2) is 49.7 Å². The molecule has 1 amide bonds. The lowest BCUT2D eigenvalue weighted by atomic mass is 10.2. The van der Waals surface area contributed by atoms with Crippen molar-refractivity contribution in [3.63, 3.8) is 0 Å².